The van der Waals surface area contributed by atoms with Gasteiger partial charge in [-0.15, -0.1) is 0 Å². The molecule has 2 aliphatic heterocycles. The SMILES string of the molecule is C=CC(=O)N1CC2(CCN(c3nc(N[C@H](CC(=O)NC)CC(C)C)c4ncn(C)c4n3)C2)C1. The van der Waals surface area contributed by atoms with Crippen LogP contribution in [0.4, 0.5) is 11.8 Å². The smallest absolute Gasteiger partial charge is 0.245 e. The molecule has 2 saturated heterocycles. The van der Waals surface area contributed by atoms with E-state index in [4.69, 9.17) is 9.97 Å². The number of fused-ring (bicyclic) bond motifs is 1. The first kappa shape index (κ1) is 23.0. The Bertz CT molecular complexity index is 1060. The summed E-state index contributed by atoms with van der Waals surface area (Å²) >= 11 is 0. The summed E-state index contributed by atoms with van der Waals surface area (Å²) in [4.78, 5) is 42.2. The lowest BCUT2D eigenvalue weighted by Gasteiger charge is -2.47. The molecule has 0 aromatic carbocycles. The van der Waals surface area contributed by atoms with Crippen molar-refractivity contribution in [1.29, 1.82) is 0 Å². The van der Waals surface area contributed by atoms with Gasteiger partial charge in [0.15, 0.2) is 17.0 Å². The van der Waals surface area contributed by atoms with Crippen molar-refractivity contribution in [1.82, 2.24) is 29.7 Å². The fourth-order valence-electron chi connectivity index (χ4n) is 4.93. The highest BCUT2D eigenvalue weighted by molar-refractivity contribution is 5.88. The van der Waals surface area contributed by atoms with E-state index in [1.807, 2.05) is 16.5 Å². The van der Waals surface area contributed by atoms with Gasteiger partial charge < -0.3 is 25.0 Å². The van der Waals surface area contributed by atoms with Crippen molar-refractivity contribution in [3.63, 3.8) is 0 Å². The monoisotopic (exact) mass is 454 g/mol. The molecule has 178 valence electrons. The van der Waals surface area contributed by atoms with Crippen LogP contribution in [-0.4, -0.2) is 75.5 Å². The number of anilines is 2. The molecule has 33 heavy (non-hydrogen) atoms. The highest BCUT2D eigenvalue weighted by atomic mass is 16.2. The summed E-state index contributed by atoms with van der Waals surface area (Å²) in [6.07, 6.45) is 5.31. The van der Waals surface area contributed by atoms with Gasteiger partial charge in [0.25, 0.3) is 0 Å². The van der Waals surface area contributed by atoms with Crippen LogP contribution in [0.3, 0.4) is 0 Å². The lowest BCUT2D eigenvalue weighted by molar-refractivity contribution is -0.136. The van der Waals surface area contributed by atoms with E-state index in [1.54, 1.807) is 13.4 Å². The maximum atomic E-state index is 12.1. The number of hydrogen-bond donors (Lipinski definition) is 2. The Kier molecular flexibility index (Phi) is 6.27. The van der Waals surface area contributed by atoms with Crippen LogP contribution in [0, 0.1) is 11.3 Å². The molecule has 0 radical (unpaired) electrons. The lowest BCUT2D eigenvalue weighted by Crippen LogP contribution is -2.59. The number of amides is 2. The second-order valence-electron chi connectivity index (χ2n) is 9.82. The number of aryl methyl sites for hydroxylation is 1. The van der Waals surface area contributed by atoms with Crippen LogP contribution in [0.25, 0.3) is 11.2 Å². The minimum atomic E-state index is -0.0621. The predicted octanol–water partition coefficient (Wildman–Crippen LogP) is 1.55. The number of nitrogens with one attached hydrogen (secondary N) is 2. The zero-order chi connectivity index (χ0) is 23.8. The highest BCUT2D eigenvalue weighted by Crippen LogP contribution is 2.41. The summed E-state index contributed by atoms with van der Waals surface area (Å²) in [5.41, 5.74) is 1.55. The Morgan fingerprint density at radius 3 is 2.70 bits per heavy atom. The van der Waals surface area contributed by atoms with Crippen molar-refractivity contribution in [3.05, 3.63) is 19.0 Å². The number of carbonyl (C=O) groups excluding carboxylic acids is 2. The number of aromatic nitrogens is 4. The molecule has 0 bridgehead atoms. The second-order valence-corrected chi connectivity index (χ2v) is 9.82. The second kappa shape index (κ2) is 8.99. The molecule has 1 atom stereocenters. The summed E-state index contributed by atoms with van der Waals surface area (Å²) < 4.78 is 1.89. The van der Waals surface area contributed by atoms with Gasteiger partial charge in [-0.25, -0.2) is 4.98 Å². The van der Waals surface area contributed by atoms with Gasteiger partial charge in [-0.05, 0) is 24.8 Å². The van der Waals surface area contributed by atoms with Crippen molar-refractivity contribution in [2.24, 2.45) is 18.4 Å². The van der Waals surface area contributed by atoms with Crippen LogP contribution in [0.2, 0.25) is 0 Å². The third-order valence-corrected chi connectivity index (χ3v) is 6.62. The van der Waals surface area contributed by atoms with Crippen molar-refractivity contribution >= 4 is 34.7 Å². The number of carbonyl (C=O) groups is 2. The molecule has 4 heterocycles. The fraction of sp³-hybridized carbons (Fsp3) is 0.609. The molecule has 2 fully saturated rings. The molecule has 2 amide bonds. The molecule has 2 aromatic heterocycles. The van der Waals surface area contributed by atoms with Gasteiger partial charge in [0.1, 0.15) is 0 Å². The molecule has 2 aliphatic rings. The Labute approximate surface area is 194 Å². The lowest BCUT2D eigenvalue weighted by atomic mass is 9.79. The molecule has 10 nitrogen and oxygen atoms in total. The molecule has 0 unspecified atom stereocenters. The van der Waals surface area contributed by atoms with Gasteiger partial charge in [-0.3, -0.25) is 9.59 Å². The number of rotatable bonds is 8. The van der Waals surface area contributed by atoms with E-state index in [0.29, 0.717) is 29.6 Å². The molecule has 2 N–H and O–H groups in total. The first-order valence-electron chi connectivity index (χ1n) is 11.6. The number of likely N-dealkylation sites (tertiary alicyclic amines) is 1. The summed E-state index contributed by atoms with van der Waals surface area (Å²) in [7, 11) is 3.57. The van der Waals surface area contributed by atoms with Crippen molar-refractivity contribution in [2.45, 2.75) is 39.2 Å². The minimum Gasteiger partial charge on any atom is -0.365 e. The molecule has 0 aliphatic carbocycles. The van der Waals surface area contributed by atoms with Gasteiger partial charge in [0.2, 0.25) is 17.8 Å². The summed E-state index contributed by atoms with van der Waals surface area (Å²) in [6, 6.07) is -0.0621. The van der Waals surface area contributed by atoms with E-state index in [-0.39, 0.29) is 23.3 Å². The normalized spacial score (nSPS) is 18.0. The average Bonchev–Trinajstić information content (AvgIpc) is 3.36. The molecule has 10 heteroatoms. The number of imidazole rings is 1. The van der Waals surface area contributed by atoms with E-state index in [2.05, 4.69) is 40.9 Å². The molecule has 1 spiro atoms. The quantitative estimate of drug-likeness (QED) is 0.583. The zero-order valence-corrected chi connectivity index (χ0v) is 20.0. The third-order valence-electron chi connectivity index (χ3n) is 6.62. The largest absolute Gasteiger partial charge is 0.365 e. The maximum absolute atomic E-state index is 12.1. The van der Waals surface area contributed by atoms with Crippen molar-refractivity contribution < 1.29 is 9.59 Å². The summed E-state index contributed by atoms with van der Waals surface area (Å²) in [6.45, 7) is 11.0. The van der Waals surface area contributed by atoms with E-state index >= 15 is 0 Å². The van der Waals surface area contributed by atoms with Gasteiger partial charge in [0, 0.05) is 58.2 Å². The number of hydrogen-bond acceptors (Lipinski definition) is 7. The van der Waals surface area contributed by atoms with Crippen LogP contribution in [-0.2, 0) is 16.6 Å². The summed E-state index contributed by atoms with van der Waals surface area (Å²) in [5.74, 6) is 1.71. The van der Waals surface area contributed by atoms with E-state index in [1.165, 1.54) is 6.08 Å². The third kappa shape index (κ3) is 4.65. The van der Waals surface area contributed by atoms with Gasteiger partial charge in [-0.2, -0.15) is 9.97 Å². The molecule has 4 rings (SSSR count). The zero-order valence-electron chi connectivity index (χ0n) is 20.0. The number of nitrogens with zero attached hydrogens (tertiary/aromatic N) is 6. The topological polar surface area (TPSA) is 108 Å². The Morgan fingerprint density at radius 1 is 1.27 bits per heavy atom. The molecular formula is C23H34N8O2. The minimum absolute atomic E-state index is 0.00886. The van der Waals surface area contributed by atoms with Gasteiger partial charge in [-0.1, -0.05) is 20.4 Å². The van der Waals surface area contributed by atoms with Gasteiger partial charge >= 0.3 is 0 Å². The highest BCUT2D eigenvalue weighted by Gasteiger charge is 2.49. The maximum Gasteiger partial charge on any atom is 0.245 e. The van der Waals surface area contributed by atoms with Crippen LogP contribution in [0.5, 0.6) is 0 Å². The fourth-order valence-corrected chi connectivity index (χ4v) is 4.93. The van der Waals surface area contributed by atoms with Crippen LogP contribution in [0.1, 0.15) is 33.1 Å². The van der Waals surface area contributed by atoms with Crippen LogP contribution < -0.4 is 15.5 Å². The average molecular weight is 455 g/mol. The van der Waals surface area contributed by atoms with Crippen molar-refractivity contribution in [2.75, 3.05) is 43.4 Å². The standard InChI is InChI=1S/C23H34N8O2/c1-6-18(33)31-12-23(13-31)7-8-30(11-23)22-27-20(19-21(28-22)29(5)14-25-19)26-16(9-15(2)3)10-17(32)24-4/h6,14-16H,1,7-13H2,2-5H3,(H,24,32)(H,26,27,28)/t16-/m0/s1. The van der Waals surface area contributed by atoms with Crippen LogP contribution >= 0.6 is 0 Å². The van der Waals surface area contributed by atoms with Crippen molar-refractivity contribution in [3.8, 4) is 0 Å². The Morgan fingerprint density at radius 2 is 2.03 bits per heavy atom. The predicted molar refractivity (Wildman–Crippen MR) is 128 cm³/mol. The molecule has 2 aromatic rings. The van der Waals surface area contributed by atoms with E-state index in [9.17, 15) is 9.59 Å². The Balaban J connectivity index is 1.58. The first-order valence-corrected chi connectivity index (χ1v) is 11.6. The molecular weight excluding hydrogens is 420 g/mol. The Hall–Kier alpha value is -3.17. The summed E-state index contributed by atoms with van der Waals surface area (Å²) in [5, 5.41) is 6.21. The van der Waals surface area contributed by atoms with Gasteiger partial charge in [0.05, 0.1) is 6.33 Å². The van der Waals surface area contributed by atoms with E-state index < -0.39 is 0 Å². The van der Waals surface area contributed by atoms with E-state index in [0.717, 1.165) is 44.7 Å². The first-order chi connectivity index (χ1) is 15.7. The molecule has 0 saturated carbocycles. The van der Waals surface area contributed by atoms with Crippen LogP contribution in [0.15, 0.2) is 19.0 Å².